The van der Waals surface area contributed by atoms with Crippen LogP contribution in [0.3, 0.4) is 0 Å². The molecule has 142 valence electrons. The van der Waals surface area contributed by atoms with Crippen molar-refractivity contribution in [2.24, 2.45) is 0 Å². The van der Waals surface area contributed by atoms with Gasteiger partial charge in [0.05, 0.1) is 17.7 Å². The SMILES string of the molecule is CCOc1cc(CN[C@H](CC)CO)cc(Br)c1OCc1ccc(C)cc1. The van der Waals surface area contributed by atoms with Gasteiger partial charge in [0.1, 0.15) is 6.61 Å². The lowest BCUT2D eigenvalue weighted by Gasteiger charge is -2.18. The van der Waals surface area contributed by atoms with Crippen LogP contribution in [0.25, 0.3) is 0 Å². The largest absolute Gasteiger partial charge is 0.490 e. The number of nitrogens with one attached hydrogen (secondary N) is 1. The minimum atomic E-state index is 0.0989. The van der Waals surface area contributed by atoms with Crippen LogP contribution < -0.4 is 14.8 Å². The molecule has 0 heterocycles. The maximum atomic E-state index is 9.32. The Morgan fingerprint density at radius 2 is 1.81 bits per heavy atom. The minimum Gasteiger partial charge on any atom is -0.490 e. The second-order valence-electron chi connectivity index (χ2n) is 6.28. The molecule has 0 aliphatic heterocycles. The van der Waals surface area contributed by atoms with Crippen molar-refractivity contribution in [1.82, 2.24) is 5.32 Å². The zero-order chi connectivity index (χ0) is 18.9. The summed E-state index contributed by atoms with van der Waals surface area (Å²) >= 11 is 3.61. The summed E-state index contributed by atoms with van der Waals surface area (Å²) in [7, 11) is 0. The minimum absolute atomic E-state index is 0.0989. The topological polar surface area (TPSA) is 50.7 Å². The summed E-state index contributed by atoms with van der Waals surface area (Å²) in [5.74, 6) is 1.44. The first-order valence-electron chi connectivity index (χ1n) is 9.05. The maximum absolute atomic E-state index is 9.32. The van der Waals surface area contributed by atoms with E-state index in [0.29, 0.717) is 25.5 Å². The molecule has 0 aromatic heterocycles. The number of ether oxygens (including phenoxy) is 2. The molecule has 4 nitrogen and oxygen atoms in total. The van der Waals surface area contributed by atoms with E-state index in [2.05, 4.69) is 59.4 Å². The van der Waals surface area contributed by atoms with Crippen molar-refractivity contribution >= 4 is 15.9 Å². The first kappa shape index (κ1) is 20.7. The van der Waals surface area contributed by atoms with Crippen molar-refractivity contribution in [3.63, 3.8) is 0 Å². The van der Waals surface area contributed by atoms with Crippen molar-refractivity contribution < 1.29 is 14.6 Å². The van der Waals surface area contributed by atoms with Gasteiger partial charge in [-0.3, -0.25) is 0 Å². The summed E-state index contributed by atoms with van der Waals surface area (Å²) in [4.78, 5) is 0. The Kier molecular flexibility index (Phi) is 8.42. The van der Waals surface area contributed by atoms with Crippen LogP contribution in [0.2, 0.25) is 0 Å². The molecular weight excluding hydrogens is 394 g/mol. The average Bonchev–Trinajstić information content (AvgIpc) is 2.63. The Morgan fingerprint density at radius 3 is 2.42 bits per heavy atom. The molecule has 0 aliphatic carbocycles. The lowest BCUT2D eigenvalue weighted by Crippen LogP contribution is -2.31. The number of aliphatic hydroxyl groups excluding tert-OH is 1. The third kappa shape index (κ3) is 6.01. The van der Waals surface area contributed by atoms with Crippen LogP contribution in [0, 0.1) is 6.92 Å². The molecule has 0 amide bonds. The second-order valence-corrected chi connectivity index (χ2v) is 7.14. The van der Waals surface area contributed by atoms with E-state index in [-0.39, 0.29) is 12.6 Å². The molecule has 2 N–H and O–H groups in total. The van der Waals surface area contributed by atoms with Crippen molar-refractivity contribution in [2.45, 2.75) is 46.4 Å². The van der Waals surface area contributed by atoms with Gasteiger partial charge in [0.15, 0.2) is 11.5 Å². The molecule has 0 bridgehead atoms. The van der Waals surface area contributed by atoms with Crippen LogP contribution in [0.15, 0.2) is 40.9 Å². The second kappa shape index (κ2) is 10.6. The highest BCUT2D eigenvalue weighted by atomic mass is 79.9. The standard InChI is InChI=1S/C21H28BrNO3/c1-4-18(13-24)23-12-17-10-19(22)21(20(11-17)25-5-2)26-14-16-8-6-15(3)7-9-16/h6-11,18,23-24H,4-5,12-14H2,1-3H3/t18-/m1/s1. The quantitative estimate of drug-likeness (QED) is 0.588. The fraction of sp³-hybridized carbons (Fsp3) is 0.429. The Hall–Kier alpha value is -1.56. The molecule has 2 aromatic rings. The van der Waals surface area contributed by atoms with E-state index in [1.165, 1.54) is 5.56 Å². The molecule has 0 spiro atoms. The van der Waals surface area contributed by atoms with Crippen LogP contribution in [0.1, 0.15) is 37.0 Å². The predicted octanol–water partition coefficient (Wildman–Crippen LogP) is 4.60. The van der Waals surface area contributed by atoms with Gasteiger partial charge in [-0.25, -0.2) is 0 Å². The zero-order valence-corrected chi connectivity index (χ0v) is 17.3. The first-order chi connectivity index (χ1) is 12.6. The van der Waals surface area contributed by atoms with E-state index in [1.54, 1.807) is 0 Å². The number of aryl methyl sites for hydroxylation is 1. The maximum Gasteiger partial charge on any atom is 0.175 e. The molecule has 0 fully saturated rings. The summed E-state index contributed by atoms with van der Waals surface area (Å²) in [6, 6.07) is 12.4. The molecular formula is C21H28BrNO3. The number of hydrogen-bond acceptors (Lipinski definition) is 4. The molecule has 2 aromatic carbocycles. The number of halogens is 1. The molecule has 26 heavy (non-hydrogen) atoms. The van der Waals surface area contributed by atoms with Crippen LogP contribution in [-0.2, 0) is 13.2 Å². The number of hydrogen-bond donors (Lipinski definition) is 2. The monoisotopic (exact) mass is 421 g/mol. The highest BCUT2D eigenvalue weighted by Gasteiger charge is 2.13. The van der Waals surface area contributed by atoms with E-state index in [9.17, 15) is 5.11 Å². The highest BCUT2D eigenvalue weighted by molar-refractivity contribution is 9.10. The van der Waals surface area contributed by atoms with Gasteiger partial charge in [-0.05, 0) is 59.5 Å². The number of benzene rings is 2. The lowest BCUT2D eigenvalue weighted by molar-refractivity contribution is 0.238. The third-order valence-corrected chi connectivity index (χ3v) is 4.77. The fourth-order valence-electron chi connectivity index (χ4n) is 2.57. The van der Waals surface area contributed by atoms with Crippen LogP contribution >= 0.6 is 15.9 Å². The smallest absolute Gasteiger partial charge is 0.175 e. The van der Waals surface area contributed by atoms with Crippen LogP contribution in [-0.4, -0.2) is 24.4 Å². The number of aliphatic hydroxyl groups is 1. The summed E-state index contributed by atoms with van der Waals surface area (Å²) in [6.45, 7) is 7.93. The Balaban J connectivity index is 2.13. The van der Waals surface area contributed by atoms with Crippen molar-refractivity contribution in [1.29, 1.82) is 0 Å². The van der Waals surface area contributed by atoms with Gasteiger partial charge in [-0.2, -0.15) is 0 Å². The van der Waals surface area contributed by atoms with Crippen molar-refractivity contribution in [3.05, 3.63) is 57.6 Å². The van der Waals surface area contributed by atoms with E-state index in [1.807, 2.05) is 19.1 Å². The van der Waals surface area contributed by atoms with E-state index >= 15 is 0 Å². The molecule has 1 atom stereocenters. The summed E-state index contributed by atoms with van der Waals surface area (Å²) < 4.78 is 12.7. The molecule has 0 unspecified atom stereocenters. The predicted molar refractivity (Wildman–Crippen MR) is 109 cm³/mol. The fourth-order valence-corrected chi connectivity index (χ4v) is 3.17. The normalized spacial score (nSPS) is 12.0. The first-order valence-corrected chi connectivity index (χ1v) is 9.84. The van der Waals surface area contributed by atoms with Gasteiger partial charge in [0.2, 0.25) is 0 Å². The van der Waals surface area contributed by atoms with Gasteiger partial charge >= 0.3 is 0 Å². The molecule has 0 radical (unpaired) electrons. The van der Waals surface area contributed by atoms with Gasteiger partial charge < -0.3 is 19.9 Å². The van der Waals surface area contributed by atoms with Gasteiger partial charge in [0.25, 0.3) is 0 Å². The van der Waals surface area contributed by atoms with Crippen LogP contribution in [0.5, 0.6) is 11.5 Å². The summed E-state index contributed by atoms with van der Waals surface area (Å²) in [6.07, 6.45) is 0.883. The molecule has 0 saturated heterocycles. The number of rotatable bonds is 10. The van der Waals surface area contributed by atoms with E-state index < -0.39 is 0 Å². The van der Waals surface area contributed by atoms with Gasteiger partial charge in [-0.1, -0.05) is 36.8 Å². The average molecular weight is 422 g/mol. The Bertz CT molecular complexity index is 684. The molecule has 0 saturated carbocycles. The lowest BCUT2D eigenvalue weighted by atomic mass is 10.1. The summed E-state index contributed by atoms with van der Waals surface area (Å²) in [5.41, 5.74) is 3.43. The molecule has 0 aliphatic rings. The van der Waals surface area contributed by atoms with Crippen LogP contribution in [0.4, 0.5) is 0 Å². The van der Waals surface area contributed by atoms with Crippen molar-refractivity contribution in [3.8, 4) is 11.5 Å². The van der Waals surface area contributed by atoms with Gasteiger partial charge in [0, 0.05) is 12.6 Å². The highest BCUT2D eigenvalue weighted by Crippen LogP contribution is 2.37. The Labute approximate surface area is 164 Å². The van der Waals surface area contributed by atoms with Gasteiger partial charge in [-0.15, -0.1) is 0 Å². The van der Waals surface area contributed by atoms with Crippen molar-refractivity contribution in [2.75, 3.05) is 13.2 Å². The van der Waals surface area contributed by atoms with E-state index in [0.717, 1.165) is 27.8 Å². The Morgan fingerprint density at radius 1 is 1.08 bits per heavy atom. The molecule has 2 rings (SSSR count). The third-order valence-electron chi connectivity index (χ3n) is 4.18. The zero-order valence-electron chi connectivity index (χ0n) is 15.7. The molecule has 5 heteroatoms. The van der Waals surface area contributed by atoms with E-state index in [4.69, 9.17) is 9.47 Å². The summed E-state index contributed by atoms with van der Waals surface area (Å²) in [5, 5.41) is 12.7.